The lowest BCUT2D eigenvalue weighted by atomic mass is 9.73. The molecular weight excluding hydrogens is 282 g/mol. The highest BCUT2D eigenvalue weighted by Gasteiger charge is 2.40. The maximum Gasteiger partial charge on any atom is 0.248 e. The molecule has 2 N–H and O–H groups in total. The van der Waals surface area contributed by atoms with Crippen LogP contribution in [0.15, 0.2) is 36.4 Å². The number of nitrogens with two attached hydrogens (primary N) is 1. The first-order chi connectivity index (χ1) is 10.0. The standard InChI is InChI=1S/C18H18ClNO/c1-3-18(4-2)15-9-11(17(20)21)5-7-13(15)14-8-6-12(19)10-16(14)18/h5-10H,3-4H2,1-2H3,(H2,20,21). The fraction of sp³-hybridized carbons (Fsp3) is 0.278. The van der Waals surface area contributed by atoms with Gasteiger partial charge in [0.1, 0.15) is 0 Å². The molecule has 0 saturated heterocycles. The van der Waals surface area contributed by atoms with E-state index in [1.807, 2.05) is 18.2 Å². The Morgan fingerprint density at radius 2 is 1.62 bits per heavy atom. The quantitative estimate of drug-likeness (QED) is 0.889. The van der Waals surface area contributed by atoms with Gasteiger partial charge < -0.3 is 5.73 Å². The van der Waals surface area contributed by atoms with Crippen molar-refractivity contribution in [3.63, 3.8) is 0 Å². The Labute approximate surface area is 129 Å². The SMILES string of the molecule is CCC1(CC)c2cc(Cl)ccc2-c2ccc(C(N)=O)cc21. The second-order valence-electron chi connectivity index (χ2n) is 5.60. The highest BCUT2D eigenvalue weighted by molar-refractivity contribution is 6.30. The van der Waals surface area contributed by atoms with Crippen LogP contribution in [0.2, 0.25) is 5.02 Å². The Morgan fingerprint density at radius 3 is 2.19 bits per heavy atom. The summed E-state index contributed by atoms with van der Waals surface area (Å²) in [7, 11) is 0. The van der Waals surface area contributed by atoms with Crippen molar-refractivity contribution >= 4 is 17.5 Å². The molecule has 2 aromatic rings. The summed E-state index contributed by atoms with van der Waals surface area (Å²) >= 11 is 6.22. The van der Waals surface area contributed by atoms with Crippen LogP contribution < -0.4 is 5.73 Å². The van der Waals surface area contributed by atoms with E-state index in [1.165, 1.54) is 22.3 Å². The summed E-state index contributed by atoms with van der Waals surface area (Å²) in [5.74, 6) is -0.382. The largest absolute Gasteiger partial charge is 0.366 e. The first-order valence-electron chi connectivity index (χ1n) is 7.28. The smallest absolute Gasteiger partial charge is 0.248 e. The Hall–Kier alpha value is -1.80. The van der Waals surface area contributed by atoms with Gasteiger partial charge in [-0.15, -0.1) is 0 Å². The summed E-state index contributed by atoms with van der Waals surface area (Å²) in [5.41, 5.74) is 10.8. The van der Waals surface area contributed by atoms with Crippen molar-refractivity contribution in [2.75, 3.05) is 0 Å². The number of halogens is 1. The Balaban J connectivity index is 2.34. The van der Waals surface area contributed by atoms with E-state index in [2.05, 4.69) is 26.0 Å². The molecule has 1 aliphatic rings. The van der Waals surface area contributed by atoms with Gasteiger partial charge in [0.15, 0.2) is 0 Å². The van der Waals surface area contributed by atoms with Crippen molar-refractivity contribution in [3.8, 4) is 11.1 Å². The number of hydrogen-bond donors (Lipinski definition) is 1. The average molecular weight is 300 g/mol. The van der Waals surface area contributed by atoms with Gasteiger partial charge in [0.05, 0.1) is 0 Å². The molecule has 0 bridgehead atoms. The van der Waals surface area contributed by atoms with Crippen molar-refractivity contribution in [2.24, 2.45) is 5.73 Å². The van der Waals surface area contributed by atoms with E-state index in [0.717, 1.165) is 17.9 Å². The molecule has 0 radical (unpaired) electrons. The molecule has 0 heterocycles. The normalized spacial score (nSPS) is 14.6. The number of amides is 1. The maximum atomic E-state index is 11.5. The van der Waals surface area contributed by atoms with Crippen molar-refractivity contribution in [1.82, 2.24) is 0 Å². The number of carbonyl (C=O) groups excluding carboxylic acids is 1. The zero-order valence-corrected chi connectivity index (χ0v) is 13.0. The monoisotopic (exact) mass is 299 g/mol. The number of hydrogen-bond acceptors (Lipinski definition) is 1. The molecule has 1 amide bonds. The first-order valence-corrected chi connectivity index (χ1v) is 7.66. The van der Waals surface area contributed by atoms with E-state index in [4.69, 9.17) is 17.3 Å². The Morgan fingerprint density at radius 1 is 1.05 bits per heavy atom. The number of fused-ring (bicyclic) bond motifs is 3. The fourth-order valence-electron chi connectivity index (χ4n) is 3.63. The van der Waals surface area contributed by atoms with E-state index in [0.29, 0.717) is 5.56 Å². The molecule has 0 spiro atoms. The molecule has 21 heavy (non-hydrogen) atoms. The second kappa shape index (κ2) is 4.88. The van der Waals surface area contributed by atoms with Gasteiger partial charge in [-0.3, -0.25) is 4.79 Å². The van der Waals surface area contributed by atoms with Crippen molar-refractivity contribution in [3.05, 3.63) is 58.1 Å². The van der Waals surface area contributed by atoms with Gasteiger partial charge in [0.25, 0.3) is 0 Å². The van der Waals surface area contributed by atoms with Crippen molar-refractivity contribution in [2.45, 2.75) is 32.1 Å². The third-order valence-electron chi connectivity index (χ3n) is 4.81. The topological polar surface area (TPSA) is 43.1 Å². The van der Waals surface area contributed by atoms with Gasteiger partial charge in [-0.2, -0.15) is 0 Å². The zero-order valence-electron chi connectivity index (χ0n) is 12.2. The third-order valence-corrected chi connectivity index (χ3v) is 5.05. The lowest BCUT2D eigenvalue weighted by Crippen LogP contribution is -2.24. The van der Waals surface area contributed by atoms with Crippen molar-refractivity contribution in [1.29, 1.82) is 0 Å². The molecule has 3 heteroatoms. The highest BCUT2D eigenvalue weighted by atomic mass is 35.5. The van der Waals surface area contributed by atoms with Gasteiger partial charge in [-0.1, -0.05) is 37.6 Å². The molecule has 3 rings (SSSR count). The number of carbonyl (C=O) groups is 1. The minimum Gasteiger partial charge on any atom is -0.366 e. The summed E-state index contributed by atoms with van der Waals surface area (Å²) < 4.78 is 0. The molecule has 0 aromatic heterocycles. The minimum atomic E-state index is -0.382. The van der Waals surface area contributed by atoms with E-state index in [1.54, 1.807) is 6.07 Å². The van der Waals surface area contributed by atoms with Crippen LogP contribution in [0.5, 0.6) is 0 Å². The van der Waals surface area contributed by atoms with Crippen LogP contribution in [-0.2, 0) is 5.41 Å². The Bertz CT molecular complexity index is 732. The predicted octanol–water partition coefficient (Wildman–Crippen LogP) is 4.53. The van der Waals surface area contributed by atoms with Crippen LogP contribution in [0.3, 0.4) is 0 Å². The molecule has 1 aliphatic carbocycles. The van der Waals surface area contributed by atoms with E-state index >= 15 is 0 Å². The molecule has 108 valence electrons. The summed E-state index contributed by atoms with van der Waals surface area (Å²) in [4.78, 5) is 11.5. The van der Waals surface area contributed by atoms with Gasteiger partial charge in [0.2, 0.25) is 5.91 Å². The minimum absolute atomic E-state index is 0.0823. The molecule has 2 aromatic carbocycles. The number of benzene rings is 2. The van der Waals surface area contributed by atoms with Gasteiger partial charge in [-0.05, 0) is 59.4 Å². The summed E-state index contributed by atoms with van der Waals surface area (Å²) in [5, 5.41) is 0.753. The molecule has 2 nitrogen and oxygen atoms in total. The van der Waals surface area contributed by atoms with Crippen LogP contribution in [0, 0.1) is 0 Å². The zero-order chi connectivity index (χ0) is 15.2. The van der Waals surface area contributed by atoms with Gasteiger partial charge >= 0.3 is 0 Å². The lowest BCUT2D eigenvalue weighted by molar-refractivity contribution is 0.1000. The van der Waals surface area contributed by atoms with Crippen molar-refractivity contribution < 1.29 is 4.79 Å². The molecule has 0 aliphatic heterocycles. The van der Waals surface area contributed by atoms with Crippen LogP contribution in [-0.4, -0.2) is 5.91 Å². The van der Waals surface area contributed by atoms with Gasteiger partial charge in [0, 0.05) is 16.0 Å². The van der Waals surface area contributed by atoms with Crippen LogP contribution >= 0.6 is 11.6 Å². The fourth-order valence-corrected chi connectivity index (χ4v) is 3.80. The van der Waals surface area contributed by atoms with Crippen LogP contribution in [0.25, 0.3) is 11.1 Å². The predicted molar refractivity (Wildman–Crippen MR) is 86.8 cm³/mol. The molecule has 0 fully saturated rings. The summed E-state index contributed by atoms with van der Waals surface area (Å²) in [6.45, 7) is 4.36. The highest BCUT2D eigenvalue weighted by Crippen LogP contribution is 2.53. The molecular formula is C18H18ClNO. The van der Waals surface area contributed by atoms with Crippen LogP contribution in [0.4, 0.5) is 0 Å². The third kappa shape index (κ3) is 1.90. The maximum absolute atomic E-state index is 11.5. The van der Waals surface area contributed by atoms with E-state index in [9.17, 15) is 4.79 Å². The second-order valence-corrected chi connectivity index (χ2v) is 6.04. The summed E-state index contributed by atoms with van der Waals surface area (Å²) in [6, 6.07) is 11.8. The summed E-state index contributed by atoms with van der Waals surface area (Å²) in [6.07, 6.45) is 1.93. The van der Waals surface area contributed by atoms with E-state index in [-0.39, 0.29) is 11.3 Å². The molecule has 0 unspecified atom stereocenters. The van der Waals surface area contributed by atoms with Crippen LogP contribution in [0.1, 0.15) is 48.2 Å². The first kappa shape index (κ1) is 14.2. The molecule has 0 atom stereocenters. The lowest BCUT2D eigenvalue weighted by Gasteiger charge is -2.29. The number of primary amides is 1. The van der Waals surface area contributed by atoms with E-state index < -0.39 is 0 Å². The number of rotatable bonds is 3. The Kier molecular flexibility index (Phi) is 3.29. The average Bonchev–Trinajstić information content (AvgIpc) is 2.76. The van der Waals surface area contributed by atoms with Gasteiger partial charge in [-0.25, -0.2) is 0 Å². The molecule has 0 saturated carbocycles.